The minimum Gasteiger partial charge on any atom is -0.493 e. The third-order valence-corrected chi connectivity index (χ3v) is 9.09. The Morgan fingerprint density at radius 1 is 0.854 bits per heavy atom. The lowest BCUT2D eigenvalue weighted by Gasteiger charge is -2.15. The van der Waals surface area contributed by atoms with Gasteiger partial charge in [-0.3, -0.25) is 19.4 Å². The first-order chi connectivity index (χ1) is 23.2. The van der Waals surface area contributed by atoms with Crippen LogP contribution in [0.5, 0.6) is 23.0 Å². The van der Waals surface area contributed by atoms with E-state index in [2.05, 4.69) is 11.1 Å². The fourth-order valence-electron chi connectivity index (χ4n) is 5.38. The second-order valence-corrected chi connectivity index (χ2v) is 13.0. The molecular formula is C38H37F2NO6S. The molecule has 0 N–H and O–H groups in total. The van der Waals surface area contributed by atoms with Gasteiger partial charge in [-0.05, 0) is 79.6 Å². The molecule has 7 nitrogen and oxygen atoms in total. The molecule has 0 unspecified atom stereocenters. The van der Waals surface area contributed by atoms with Gasteiger partial charge in [-0.1, -0.05) is 42.1 Å². The van der Waals surface area contributed by atoms with Crippen LogP contribution in [-0.4, -0.2) is 41.1 Å². The lowest BCUT2D eigenvalue weighted by Crippen LogP contribution is -2.28. The summed E-state index contributed by atoms with van der Waals surface area (Å²) in [5.74, 6) is 0.661. The van der Waals surface area contributed by atoms with E-state index in [0.717, 1.165) is 18.6 Å². The normalized spacial score (nSPS) is 13.4. The molecule has 1 saturated carbocycles. The van der Waals surface area contributed by atoms with Crippen LogP contribution in [0.2, 0.25) is 0 Å². The van der Waals surface area contributed by atoms with Crippen LogP contribution < -0.4 is 14.2 Å². The third kappa shape index (κ3) is 8.86. The molecule has 1 fully saturated rings. The summed E-state index contributed by atoms with van der Waals surface area (Å²) in [4.78, 5) is 41.6. The SMILES string of the molecule is COc1cc2c(Oc3ccc(CC(=O)C4(C(=O)Cc5ccc(F)cc5)CC4)cc3F)ccnc2cc1OCC/C=C/CCCSC(C)=O. The predicted octanol–water partition coefficient (Wildman–Crippen LogP) is 8.40. The predicted molar refractivity (Wildman–Crippen MR) is 182 cm³/mol. The van der Waals surface area contributed by atoms with E-state index in [-0.39, 0.29) is 41.1 Å². The summed E-state index contributed by atoms with van der Waals surface area (Å²) in [5.41, 5.74) is 0.598. The largest absolute Gasteiger partial charge is 0.493 e. The highest BCUT2D eigenvalue weighted by Gasteiger charge is 2.54. The molecule has 0 aliphatic heterocycles. The number of fused-ring (bicyclic) bond motifs is 1. The summed E-state index contributed by atoms with van der Waals surface area (Å²) in [7, 11) is 1.53. The van der Waals surface area contributed by atoms with Gasteiger partial charge in [-0.15, -0.1) is 0 Å². The average Bonchev–Trinajstić information content (AvgIpc) is 3.88. The van der Waals surface area contributed by atoms with E-state index >= 15 is 4.39 Å². The number of carbonyl (C=O) groups is 3. The summed E-state index contributed by atoms with van der Waals surface area (Å²) < 4.78 is 46.0. The van der Waals surface area contributed by atoms with Crippen LogP contribution in [0.1, 0.15) is 50.2 Å². The maximum Gasteiger partial charge on any atom is 0.185 e. The molecule has 1 aliphatic carbocycles. The molecule has 0 amide bonds. The number of aromatic nitrogens is 1. The van der Waals surface area contributed by atoms with E-state index in [4.69, 9.17) is 14.2 Å². The van der Waals surface area contributed by atoms with Crippen molar-refractivity contribution in [2.45, 2.75) is 51.9 Å². The van der Waals surface area contributed by atoms with E-state index in [1.54, 1.807) is 49.5 Å². The molecule has 0 saturated heterocycles. The van der Waals surface area contributed by atoms with Gasteiger partial charge < -0.3 is 14.2 Å². The van der Waals surface area contributed by atoms with Gasteiger partial charge >= 0.3 is 0 Å². The van der Waals surface area contributed by atoms with Crippen LogP contribution in [-0.2, 0) is 27.2 Å². The molecule has 48 heavy (non-hydrogen) atoms. The standard InChI is InChI=1S/C38H37F2NO6S/c1-25(42)48-19-7-5-3-4-6-18-46-35-24-31-29(23-34(35)45-2)32(14-17-41-31)47-33-13-10-27(20-30(33)40)22-37(44)38(15-16-38)36(43)21-26-8-11-28(39)12-9-26/h3-4,8-14,17,20,23-24H,5-7,15-16,18-19,21-22H2,1-2H3/b4-3+. The number of pyridine rings is 1. The quantitative estimate of drug-likeness (QED) is 0.0627. The van der Waals surface area contributed by atoms with Gasteiger partial charge in [0.15, 0.2) is 39.7 Å². The van der Waals surface area contributed by atoms with Crippen LogP contribution in [0.15, 0.2) is 79.0 Å². The minimum atomic E-state index is -1.06. The highest BCUT2D eigenvalue weighted by Crippen LogP contribution is 2.49. The highest BCUT2D eigenvalue weighted by atomic mass is 32.2. The minimum absolute atomic E-state index is 0.0295. The van der Waals surface area contributed by atoms with Crippen molar-refractivity contribution in [3.05, 3.63) is 102 Å². The number of Topliss-reactive ketones (excluding diaryl/α,β-unsaturated/α-hetero) is 2. The number of thioether (sulfide) groups is 1. The van der Waals surface area contributed by atoms with Gasteiger partial charge in [-0.25, -0.2) is 8.78 Å². The number of rotatable bonds is 17. The fraction of sp³-hybridized carbons (Fsp3) is 0.316. The summed E-state index contributed by atoms with van der Waals surface area (Å²) in [6.07, 6.45) is 9.11. The van der Waals surface area contributed by atoms with Crippen LogP contribution in [0, 0.1) is 17.0 Å². The molecule has 1 aromatic heterocycles. The molecule has 0 atom stereocenters. The Kier molecular flexibility index (Phi) is 11.6. The zero-order valence-corrected chi connectivity index (χ0v) is 27.7. The molecule has 10 heteroatoms. The van der Waals surface area contributed by atoms with Crippen LogP contribution in [0.4, 0.5) is 8.78 Å². The van der Waals surface area contributed by atoms with Crippen LogP contribution in [0.25, 0.3) is 10.9 Å². The van der Waals surface area contributed by atoms with Gasteiger partial charge in [0.25, 0.3) is 0 Å². The number of ether oxygens (including phenoxy) is 3. The number of hydrogen-bond acceptors (Lipinski definition) is 8. The maximum atomic E-state index is 15.3. The number of ketones is 2. The van der Waals surface area contributed by atoms with E-state index in [0.29, 0.717) is 65.1 Å². The Hall–Kier alpha value is -4.57. The van der Waals surface area contributed by atoms with E-state index in [1.807, 2.05) is 6.08 Å². The molecule has 5 rings (SSSR count). The van der Waals surface area contributed by atoms with Gasteiger partial charge in [0.2, 0.25) is 0 Å². The number of methoxy groups -OCH3 is 1. The second kappa shape index (κ2) is 16.0. The second-order valence-electron chi connectivity index (χ2n) is 11.7. The molecule has 0 spiro atoms. The topological polar surface area (TPSA) is 91.8 Å². The Bertz CT molecular complexity index is 1820. The summed E-state index contributed by atoms with van der Waals surface area (Å²) in [6, 6.07) is 15.1. The molecule has 4 aromatic rings. The lowest BCUT2D eigenvalue weighted by molar-refractivity contribution is -0.133. The lowest BCUT2D eigenvalue weighted by atomic mass is 9.88. The van der Waals surface area contributed by atoms with E-state index in [1.165, 1.54) is 43.1 Å². The molecule has 250 valence electrons. The van der Waals surface area contributed by atoms with Crippen molar-refractivity contribution >= 4 is 39.3 Å². The molecular weight excluding hydrogens is 636 g/mol. The molecule has 1 aliphatic rings. The number of halogens is 2. The number of nitrogens with zero attached hydrogens (tertiary/aromatic N) is 1. The van der Waals surface area contributed by atoms with Gasteiger partial charge in [0, 0.05) is 43.2 Å². The Morgan fingerprint density at radius 3 is 2.25 bits per heavy atom. The summed E-state index contributed by atoms with van der Waals surface area (Å²) >= 11 is 1.34. The van der Waals surface area contributed by atoms with Gasteiger partial charge in [-0.2, -0.15) is 0 Å². The highest BCUT2D eigenvalue weighted by molar-refractivity contribution is 8.13. The first-order valence-electron chi connectivity index (χ1n) is 15.8. The fourth-order valence-corrected chi connectivity index (χ4v) is 5.98. The van der Waals surface area contributed by atoms with Gasteiger partial charge in [0.1, 0.15) is 11.6 Å². The van der Waals surface area contributed by atoms with E-state index < -0.39 is 11.2 Å². The first-order valence-corrected chi connectivity index (χ1v) is 16.8. The van der Waals surface area contributed by atoms with Gasteiger partial charge in [0.05, 0.1) is 24.6 Å². The Morgan fingerprint density at radius 2 is 1.56 bits per heavy atom. The average molecular weight is 674 g/mol. The number of carbonyl (C=O) groups excluding carboxylic acids is 3. The first kappa shape index (κ1) is 34.8. The molecule has 0 bridgehead atoms. The third-order valence-electron chi connectivity index (χ3n) is 8.19. The van der Waals surface area contributed by atoms with Crippen molar-refractivity contribution in [1.82, 2.24) is 4.98 Å². The van der Waals surface area contributed by atoms with Crippen molar-refractivity contribution in [2.24, 2.45) is 5.41 Å². The zero-order valence-electron chi connectivity index (χ0n) is 26.9. The summed E-state index contributed by atoms with van der Waals surface area (Å²) in [6.45, 7) is 2.00. The zero-order chi connectivity index (χ0) is 34.1. The summed E-state index contributed by atoms with van der Waals surface area (Å²) in [5, 5.41) is 0.731. The van der Waals surface area contributed by atoms with E-state index in [9.17, 15) is 18.8 Å². The Labute approximate surface area is 282 Å². The molecule has 3 aromatic carbocycles. The monoisotopic (exact) mass is 673 g/mol. The molecule has 1 heterocycles. The maximum absolute atomic E-state index is 15.3. The Balaban J connectivity index is 1.20. The molecule has 0 radical (unpaired) electrons. The van der Waals surface area contributed by atoms with Crippen molar-refractivity contribution in [3.8, 4) is 23.0 Å². The van der Waals surface area contributed by atoms with Crippen LogP contribution in [0.3, 0.4) is 0 Å². The number of allylic oxidation sites excluding steroid dienone is 1. The number of benzene rings is 3. The number of hydrogen-bond donors (Lipinski definition) is 0. The van der Waals surface area contributed by atoms with Crippen molar-refractivity contribution in [2.75, 3.05) is 19.5 Å². The van der Waals surface area contributed by atoms with Crippen molar-refractivity contribution in [3.63, 3.8) is 0 Å². The van der Waals surface area contributed by atoms with Crippen molar-refractivity contribution in [1.29, 1.82) is 0 Å². The number of unbranched alkanes of at least 4 members (excludes halogenated alkanes) is 1. The van der Waals surface area contributed by atoms with Crippen LogP contribution >= 0.6 is 11.8 Å². The van der Waals surface area contributed by atoms with Crippen molar-refractivity contribution < 1.29 is 37.4 Å². The smallest absolute Gasteiger partial charge is 0.185 e.